The van der Waals surface area contributed by atoms with E-state index in [0.29, 0.717) is 39.9 Å². The fourth-order valence-corrected chi connectivity index (χ4v) is 2.99. The standard InChI is InChI=1S/C14H13BrFN7O3S/c15-9-3-2-8(16)6-10(9)26-5-1-4-17-14-20-19-13(27-14)12-18-22-23(21-12)7-11(24)25/h2-3,6H,1,4-5,7H2,(H,17,20)(H,24,25). The number of nitrogens with zero attached hydrogens (tertiary/aromatic N) is 6. The van der Waals surface area contributed by atoms with Crippen LogP contribution in [-0.4, -0.2) is 54.6 Å². The van der Waals surface area contributed by atoms with Crippen molar-refractivity contribution in [2.24, 2.45) is 0 Å². The van der Waals surface area contributed by atoms with Gasteiger partial charge in [0.2, 0.25) is 11.0 Å². The molecular weight excluding hydrogens is 445 g/mol. The Morgan fingerprint density at radius 2 is 2.22 bits per heavy atom. The highest BCUT2D eigenvalue weighted by Gasteiger charge is 2.13. The van der Waals surface area contributed by atoms with Gasteiger partial charge in [-0.2, -0.15) is 4.80 Å². The molecule has 0 atom stereocenters. The summed E-state index contributed by atoms with van der Waals surface area (Å²) in [6.07, 6.45) is 0.658. The summed E-state index contributed by atoms with van der Waals surface area (Å²) in [6.45, 7) is 0.588. The molecule has 0 saturated heterocycles. The molecule has 0 aliphatic rings. The Morgan fingerprint density at radius 1 is 1.37 bits per heavy atom. The van der Waals surface area contributed by atoms with Crippen molar-refractivity contribution in [1.82, 2.24) is 30.4 Å². The summed E-state index contributed by atoms with van der Waals surface area (Å²) in [4.78, 5) is 11.6. The van der Waals surface area contributed by atoms with Crippen LogP contribution in [0.15, 0.2) is 22.7 Å². The first-order chi connectivity index (χ1) is 13.0. The van der Waals surface area contributed by atoms with Crippen LogP contribution in [0, 0.1) is 5.82 Å². The van der Waals surface area contributed by atoms with Crippen LogP contribution in [0.2, 0.25) is 0 Å². The van der Waals surface area contributed by atoms with Crippen LogP contribution in [0.3, 0.4) is 0 Å². The van der Waals surface area contributed by atoms with Gasteiger partial charge in [-0.3, -0.25) is 4.79 Å². The van der Waals surface area contributed by atoms with Crippen LogP contribution in [-0.2, 0) is 11.3 Å². The number of carboxylic acid groups (broad SMARTS) is 1. The number of rotatable bonds is 9. The van der Waals surface area contributed by atoms with Gasteiger partial charge >= 0.3 is 5.97 Å². The van der Waals surface area contributed by atoms with E-state index in [-0.39, 0.29) is 18.2 Å². The van der Waals surface area contributed by atoms with Gasteiger partial charge in [0.1, 0.15) is 11.6 Å². The molecule has 142 valence electrons. The largest absolute Gasteiger partial charge is 0.492 e. The Hall–Kier alpha value is -2.67. The summed E-state index contributed by atoms with van der Waals surface area (Å²) in [5.41, 5.74) is 0. The molecule has 0 fully saturated rings. The van der Waals surface area contributed by atoms with E-state index in [1.54, 1.807) is 6.07 Å². The van der Waals surface area contributed by atoms with Crippen LogP contribution in [0.4, 0.5) is 9.52 Å². The molecule has 0 aliphatic heterocycles. The number of hydrogen-bond acceptors (Lipinski definition) is 9. The molecule has 0 bridgehead atoms. The van der Waals surface area contributed by atoms with E-state index in [1.165, 1.54) is 23.5 Å². The highest BCUT2D eigenvalue weighted by atomic mass is 79.9. The minimum Gasteiger partial charge on any atom is -0.492 e. The quantitative estimate of drug-likeness (QED) is 0.463. The van der Waals surface area contributed by atoms with Crippen LogP contribution < -0.4 is 10.1 Å². The summed E-state index contributed by atoms with van der Waals surface area (Å²) in [6, 6.07) is 4.26. The van der Waals surface area contributed by atoms with Crippen LogP contribution >= 0.6 is 27.3 Å². The second-order valence-electron chi connectivity index (χ2n) is 5.15. The third kappa shape index (κ3) is 5.40. The maximum Gasteiger partial charge on any atom is 0.327 e. The summed E-state index contributed by atoms with van der Waals surface area (Å²) >= 11 is 4.52. The van der Waals surface area contributed by atoms with Crippen molar-refractivity contribution in [2.45, 2.75) is 13.0 Å². The zero-order chi connectivity index (χ0) is 19.2. The first-order valence-corrected chi connectivity index (χ1v) is 9.27. The highest BCUT2D eigenvalue weighted by molar-refractivity contribution is 9.10. The number of tetrazole rings is 1. The van der Waals surface area contributed by atoms with Crippen molar-refractivity contribution in [2.75, 3.05) is 18.5 Å². The van der Waals surface area contributed by atoms with E-state index in [1.807, 2.05) is 0 Å². The lowest BCUT2D eigenvalue weighted by atomic mass is 10.3. The molecule has 0 radical (unpaired) electrons. The topological polar surface area (TPSA) is 128 Å². The zero-order valence-electron chi connectivity index (χ0n) is 13.7. The van der Waals surface area contributed by atoms with Gasteiger partial charge in [0, 0.05) is 12.6 Å². The fourth-order valence-electron chi connectivity index (χ4n) is 1.94. The monoisotopic (exact) mass is 457 g/mol. The molecule has 3 aromatic rings. The summed E-state index contributed by atoms with van der Waals surface area (Å²) in [5.74, 6) is -0.766. The van der Waals surface area contributed by atoms with Crippen molar-refractivity contribution in [1.29, 1.82) is 0 Å². The maximum atomic E-state index is 13.2. The number of carbonyl (C=O) groups is 1. The Labute approximate surface area is 164 Å². The number of nitrogens with one attached hydrogen (secondary N) is 1. The number of ether oxygens (including phenoxy) is 1. The van der Waals surface area contributed by atoms with Gasteiger partial charge in [-0.05, 0) is 39.7 Å². The minimum absolute atomic E-state index is 0.209. The molecule has 0 spiro atoms. The van der Waals surface area contributed by atoms with Gasteiger partial charge in [-0.25, -0.2) is 4.39 Å². The molecule has 13 heteroatoms. The number of hydrogen-bond donors (Lipinski definition) is 2. The van der Waals surface area contributed by atoms with Gasteiger partial charge < -0.3 is 15.2 Å². The van der Waals surface area contributed by atoms with Crippen molar-refractivity contribution in [3.05, 3.63) is 28.5 Å². The van der Waals surface area contributed by atoms with Gasteiger partial charge in [0.05, 0.1) is 11.1 Å². The predicted molar refractivity (Wildman–Crippen MR) is 97.1 cm³/mol. The van der Waals surface area contributed by atoms with Crippen molar-refractivity contribution >= 4 is 38.4 Å². The molecule has 3 rings (SSSR count). The van der Waals surface area contributed by atoms with Gasteiger partial charge in [-0.1, -0.05) is 11.3 Å². The fraction of sp³-hybridized carbons (Fsp3) is 0.286. The SMILES string of the molecule is O=C(O)Cn1nnc(-c2nnc(NCCCOc3cc(F)ccc3Br)s2)n1. The maximum absolute atomic E-state index is 13.2. The number of halogens is 2. The van der Waals surface area contributed by atoms with Crippen molar-refractivity contribution in [3.8, 4) is 16.6 Å². The predicted octanol–water partition coefficient (Wildman–Crippen LogP) is 2.06. The second kappa shape index (κ2) is 8.81. The molecule has 0 amide bonds. The normalized spacial score (nSPS) is 10.7. The number of anilines is 1. The molecule has 0 unspecified atom stereocenters. The average molecular weight is 458 g/mol. The van der Waals surface area contributed by atoms with E-state index < -0.39 is 5.97 Å². The molecule has 10 nitrogen and oxygen atoms in total. The van der Waals surface area contributed by atoms with Crippen LogP contribution in [0.5, 0.6) is 5.75 Å². The van der Waals surface area contributed by atoms with Gasteiger partial charge in [0.25, 0.3) is 0 Å². The van der Waals surface area contributed by atoms with E-state index in [9.17, 15) is 9.18 Å². The number of aliphatic carboxylic acids is 1. The molecule has 2 N–H and O–H groups in total. The lowest BCUT2D eigenvalue weighted by molar-refractivity contribution is -0.138. The number of benzene rings is 1. The highest BCUT2D eigenvalue weighted by Crippen LogP contribution is 2.26. The Kier molecular flexibility index (Phi) is 6.24. The van der Waals surface area contributed by atoms with Gasteiger partial charge in [0.15, 0.2) is 11.6 Å². The number of carboxylic acids is 1. The molecule has 0 saturated carbocycles. The third-order valence-electron chi connectivity index (χ3n) is 3.09. The van der Waals surface area contributed by atoms with Crippen LogP contribution in [0.1, 0.15) is 6.42 Å². The minimum atomic E-state index is -1.06. The Bertz CT molecular complexity index is 935. The first-order valence-electron chi connectivity index (χ1n) is 7.66. The molecule has 0 aliphatic carbocycles. The summed E-state index contributed by atoms with van der Waals surface area (Å²) < 4.78 is 19.4. The average Bonchev–Trinajstić information content (AvgIpc) is 3.26. The van der Waals surface area contributed by atoms with Gasteiger partial charge in [-0.15, -0.1) is 20.4 Å². The van der Waals surface area contributed by atoms with Crippen molar-refractivity contribution < 1.29 is 19.0 Å². The summed E-state index contributed by atoms with van der Waals surface area (Å²) in [5, 5.41) is 32.0. The second-order valence-corrected chi connectivity index (χ2v) is 6.98. The van der Waals surface area contributed by atoms with E-state index in [2.05, 4.69) is 46.9 Å². The van der Waals surface area contributed by atoms with Crippen molar-refractivity contribution in [3.63, 3.8) is 0 Å². The molecule has 27 heavy (non-hydrogen) atoms. The lowest BCUT2D eigenvalue weighted by Gasteiger charge is -2.08. The smallest absolute Gasteiger partial charge is 0.327 e. The lowest BCUT2D eigenvalue weighted by Crippen LogP contribution is -2.11. The zero-order valence-corrected chi connectivity index (χ0v) is 16.1. The molecular formula is C14H13BrFN7O3S. The van der Waals surface area contributed by atoms with E-state index in [0.717, 1.165) is 4.80 Å². The summed E-state index contributed by atoms with van der Waals surface area (Å²) in [7, 11) is 0. The van der Waals surface area contributed by atoms with E-state index >= 15 is 0 Å². The molecule has 2 heterocycles. The third-order valence-corrected chi connectivity index (χ3v) is 4.63. The van der Waals surface area contributed by atoms with Crippen LogP contribution in [0.25, 0.3) is 10.8 Å². The number of aromatic nitrogens is 6. The molecule has 2 aromatic heterocycles. The van der Waals surface area contributed by atoms with E-state index in [4.69, 9.17) is 9.84 Å². The Balaban J connectivity index is 1.45. The molecule has 1 aromatic carbocycles. The Morgan fingerprint density at radius 3 is 3.04 bits per heavy atom. The first kappa shape index (κ1) is 19.1.